The van der Waals surface area contributed by atoms with E-state index in [4.69, 9.17) is 0 Å². The third kappa shape index (κ3) is 3.08. The van der Waals surface area contributed by atoms with Crippen molar-refractivity contribution in [3.8, 4) is 0 Å². The summed E-state index contributed by atoms with van der Waals surface area (Å²) in [5, 5.41) is 1.90. The van der Waals surface area contributed by atoms with E-state index in [1.54, 1.807) is 0 Å². The Labute approximate surface area is 110 Å². The van der Waals surface area contributed by atoms with Crippen molar-refractivity contribution in [2.45, 2.75) is 0 Å². The number of amides is 1. The van der Waals surface area contributed by atoms with Gasteiger partial charge in [-0.25, -0.2) is 0 Å². The number of methoxy groups -OCH3 is 1. The average molecular weight is 268 g/mol. The predicted octanol–water partition coefficient (Wildman–Crippen LogP) is 0.679. The number of nitrogens with zero attached hydrogens (tertiary/aromatic N) is 2. The number of rotatable bonds is 3. The number of piperazine rings is 1. The molecule has 1 fully saturated rings. The fourth-order valence-corrected chi connectivity index (χ4v) is 2.60. The topological polar surface area (TPSA) is 49.9 Å². The third-order valence-electron chi connectivity index (χ3n) is 2.97. The Morgan fingerprint density at radius 2 is 2.06 bits per heavy atom. The lowest BCUT2D eigenvalue weighted by atomic mass is 10.3. The molecule has 0 radical (unpaired) electrons. The maximum Gasteiger partial charge on any atom is 0.319 e. The normalized spacial score (nSPS) is 16.6. The van der Waals surface area contributed by atoms with Gasteiger partial charge in [-0.2, -0.15) is 0 Å². The summed E-state index contributed by atoms with van der Waals surface area (Å²) >= 11 is 1.46. The summed E-state index contributed by atoms with van der Waals surface area (Å²) in [7, 11) is 1.39. The van der Waals surface area contributed by atoms with Crippen LogP contribution in [0.15, 0.2) is 17.5 Å². The summed E-state index contributed by atoms with van der Waals surface area (Å²) in [6.07, 6.45) is 0. The average Bonchev–Trinajstić information content (AvgIpc) is 2.92. The number of thiophene rings is 1. The molecule has 0 aromatic carbocycles. The highest BCUT2D eigenvalue weighted by Gasteiger charge is 2.23. The van der Waals surface area contributed by atoms with Crippen molar-refractivity contribution < 1.29 is 14.3 Å². The lowest BCUT2D eigenvalue weighted by Gasteiger charge is -2.33. The Balaban J connectivity index is 1.83. The molecule has 1 aromatic heterocycles. The van der Waals surface area contributed by atoms with Gasteiger partial charge >= 0.3 is 5.97 Å². The lowest BCUT2D eigenvalue weighted by Crippen LogP contribution is -2.49. The molecule has 1 aliphatic heterocycles. The first kappa shape index (κ1) is 13.0. The van der Waals surface area contributed by atoms with Crippen molar-refractivity contribution in [1.29, 1.82) is 0 Å². The molecule has 98 valence electrons. The zero-order valence-electron chi connectivity index (χ0n) is 10.3. The Kier molecular flexibility index (Phi) is 4.33. The molecule has 5 nitrogen and oxygen atoms in total. The van der Waals surface area contributed by atoms with E-state index in [2.05, 4.69) is 4.74 Å². The second-order valence-corrected chi connectivity index (χ2v) is 5.07. The molecule has 1 aromatic rings. The third-order valence-corrected chi connectivity index (χ3v) is 3.83. The molecule has 0 atom stereocenters. The molecule has 0 saturated carbocycles. The molecule has 0 spiro atoms. The summed E-state index contributed by atoms with van der Waals surface area (Å²) in [4.78, 5) is 27.8. The number of esters is 1. The maximum atomic E-state index is 12.1. The second kappa shape index (κ2) is 5.97. The molecule has 6 heteroatoms. The van der Waals surface area contributed by atoms with Crippen LogP contribution in [0.25, 0.3) is 0 Å². The number of hydrogen-bond acceptors (Lipinski definition) is 5. The largest absolute Gasteiger partial charge is 0.468 e. The first-order valence-electron chi connectivity index (χ1n) is 5.82. The van der Waals surface area contributed by atoms with Crippen LogP contribution in [0.4, 0.5) is 0 Å². The molecule has 18 heavy (non-hydrogen) atoms. The van der Waals surface area contributed by atoms with Gasteiger partial charge in [0.1, 0.15) is 0 Å². The highest BCUT2D eigenvalue weighted by molar-refractivity contribution is 7.12. The standard InChI is InChI=1S/C12H16N2O3S/c1-17-11(15)9-13-4-6-14(7-5-13)12(16)10-3-2-8-18-10/h2-3,8H,4-7,9H2,1H3. The van der Waals surface area contributed by atoms with Gasteiger partial charge < -0.3 is 9.64 Å². The molecular formula is C12H16N2O3S. The van der Waals surface area contributed by atoms with Crippen LogP contribution in [-0.2, 0) is 9.53 Å². The summed E-state index contributed by atoms with van der Waals surface area (Å²) in [5.41, 5.74) is 0. The van der Waals surface area contributed by atoms with Crippen molar-refractivity contribution >= 4 is 23.2 Å². The first-order chi connectivity index (χ1) is 8.70. The molecule has 2 rings (SSSR count). The maximum absolute atomic E-state index is 12.1. The van der Waals surface area contributed by atoms with Gasteiger partial charge in [0.25, 0.3) is 5.91 Å². The number of carbonyl (C=O) groups is 2. The lowest BCUT2D eigenvalue weighted by molar-refractivity contribution is -0.142. The smallest absolute Gasteiger partial charge is 0.319 e. The van der Waals surface area contributed by atoms with E-state index < -0.39 is 0 Å². The summed E-state index contributed by atoms with van der Waals surface area (Å²) < 4.78 is 4.63. The van der Waals surface area contributed by atoms with Gasteiger partial charge in [0, 0.05) is 26.2 Å². The molecular weight excluding hydrogens is 252 g/mol. The minimum Gasteiger partial charge on any atom is -0.468 e. The molecule has 0 N–H and O–H groups in total. The van der Waals surface area contributed by atoms with Crippen LogP contribution in [0.1, 0.15) is 9.67 Å². The van der Waals surface area contributed by atoms with Gasteiger partial charge in [-0.15, -0.1) is 11.3 Å². The highest BCUT2D eigenvalue weighted by atomic mass is 32.1. The fraction of sp³-hybridized carbons (Fsp3) is 0.500. The number of carbonyl (C=O) groups excluding carboxylic acids is 2. The summed E-state index contributed by atoms with van der Waals surface area (Å²) in [6, 6.07) is 3.72. The molecule has 0 bridgehead atoms. The van der Waals surface area contributed by atoms with Gasteiger partial charge in [-0.05, 0) is 11.4 Å². The second-order valence-electron chi connectivity index (χ2n) is 4.12. The van der Waals surface area contributed by atoms with E-state index in [0.717, 1.165) is 4.88 Å². The van der Waals surface area contributed by atoms with Crippen molar-refractivity contribution in [2.75, 3.05) is 39.8 Å². The Morgan fingerprint density at radius 3 is 2.61 bits per heavy atom. The van der Waals surface area contributed by atoms with Crippen molar-refractivity contribution in [3.05, 3.63) is 22.4 Å². The molecule has 0 unspecified atom stereocenters. The van der Waals surface area contributed by atoms with Gasteiger partial charge in [0.15, 0.2) is 0 Å². The molecule has 1 saturated heterocycles. The zero-order chi connectivity index (χ0) is 13.0. The van der Waals surface area contributed by atoms with Crippen LogP contribution in [-0.4, -0.2) is 61.5 Å². The van der Waals surface area contributed by atoms with Gasteiger partial charge in [-0.3, -0.25) is 14.5 Å². The van der Waals surface area contributed by atoms with Crippen LogP contribution < -0.4 is 0 Å². The van der Waals surface area contributed by atoms with E-state index >= 15 is 0 Å². The molecule has 1 aliphatic rings. The van der Waals surface area contributed by atoms with Crippen molar-refractivity contribution in [2.24, 2.45) is 0 Å². The van der Waals surface area contributed by atoms with E-state index in [9.17, 15) is 9.59 Å². The van der Waals surface area contributed by atoms with E-state index in [1.165, 1.54) is 18.4 Å². The van der Waals surface area contributed by atoms with Crippen LogP contribution in [0.3, 0.4) is 0 Å². The van der Waals surface area contributed by atoms with Gasteiger partial charge in [-0.1, -0.05) is 6.07 Å². The summed E-state index contributed by atoms with van der Waals surface area (Å²) in [5.74, 6) is -0.143. The first-order valence-corrected chi connectivity index (χ1v) is 6.70. The Bertz CT molecular complexity index is 411. The monoisotopic (exact) mass is 268 g/mol. The van der Waals surface area contributed by atoms with E-state index in [-0.39, 0.29) is 11.9 Å². The van der Waals surface area contributed by atoms with Crippen LogP contribution in [0, 0.1) is 0 Å². The molecule has 0 aliphatic carbocycles. The number of hydrogen-bond donors (Lipinski definition) is 0. The Hall–Kier alpha value is -1.40. The highest BCUT2D eigenvalue weighted by Crippen LogP contribution is 2.13. The van der Waals surface area contributed by atoms with E-state index in [0.29, 0.717) is 32.7 Å². The number of ether oxygens (including phenoxy) is 1. The molecule has 2 heterocycles. The van der Waals surface area contributed by atoms with Crippen LogP contribution in [0.5, 0.6) is 0 Å². The van der Waals surface area contributed by atoms with Crippen LogP contribution >= 0.6 is 11.3 Å². The summed E-state index contributed by atoms with van der Waals surface area (Å²) in [6.45, 7) is 3.05. The van der Waals surface area contributed by atoms with Crippen molar-refractivity contribution in [3.63, 3.8) is 0 Å². The van der Waals surface area contributed by atoms with Gasteiger partial charge in [0.05, 0.1) is 18.5 Å². The predicted molar refractivity (Wildman–Crippen MR) is 68.7 cm³/mol. The van der Waals surface area contributed by atoms with E-state index in [1.807, 2.05) is 27.3 Å². The minimum atomic E-state index is -0.229. The quantitative estimate of drug-likeness (QED) is 0.756. The SMILES string of the molecule is COC(=O)CN1CCN(C(=O)c2cccs2)CC1. The fourth-order valence-electron chi connectivity index (χ4n) is 1.91. The zero-order valence-corrected chi connectivity index (χ0v) is 11.1. The van der Waals surface area contributed by atoms with Crippen molar-refractivity contribution in [1.82, 2.24) is 9.80 Å². The van der Waals surface area contributed by atoms with Gasteiger partial charge in [0.2, 0.25) is 0 Å². The minimum absolute atomic E-state index is 0.0859. The molecule has 1 amide bonds. The Morgan fingerprint density at radius 1 is 1.33 bits per heavy atom. The van der Waals surface area contributed by atoms with Crippen LogP contribution in [0.2, 0.25) is 0 Å².